The largest absolute Gasteiger partial charge is 0.399 e. The lowest BCUT2D eigenvalue weighted by molar-refractivity contribution is 0.113. The van der Waals surface area contributed by atoms with Crippen molar-refractivity contribution in [2.45, 2.75) is 23.8 Å². The molecule has 1 aromatic rings. The van der Waals surface area contributed by atoms with E-state index >= 15 is 0 Å². The van der Waals surface area contributed by atoms with Crippen molar-refractivity contribution in [1.29, 1.82) is 0 Å². The standard InChI is InChI=1S/C11H15ClN2O3S/c12-10-2-1-8(13)7-11(10)18(16,17)14-5-3-9(15)4-6-14/h1-2,7,9,15H,3-6,13H2. The monoisotopic (exact) mass is 290 g/mol. The molecule has 5 nitrogen and oxygen atoms in total. The number of hydrogen-bond acceptors (Lipinski definition) is 4. The van der Waals surface area contributed by atoms with Crippen LogP contribution >= 0.6 is 11.6 Å². The molecule has 0 aromatic heterocycles. The molecule has 100 valence electrons. The molecule has 1 fully saturated rings. The van der Waals surface area contributed by atoms with Crippen LogP contribution in [0.5, 0.6) is 0 Å². The predicted molar refractivity (Wildman–Crippen MR) is 69.9 cm³/mol. The summed E-state index contributed by atoms with van der Waals surface area (Å²) in [4.78, 5) is 0.0283. The van der Waals surface area contributed by atoms with Crippen LogP contribution in [0.4, 0.5) is 5.69 Å². The number of aliphatic hydroxyl groups is 1. The number of halogens is 1. The van der Waals surface area contributed by atoms with Crippen LogP contribution in [-0.4, -0.2) is 37.0 Å². The Hall–Kier alpha value is -0.820. The van der Waals surface area contributed by atoms with Gasteiger partial charge in [-0.2, -0.15) is 4.31 Å². The van der Waals surface area contributed by atoms with Crippen molar-refractivity contribution in [1.82, 2.24) is 4.31 Å². The summed E-state index contributed by atoms with van der Waals surface area (Å²) in [7, 11) is -3.63. The highest BCUT2D eigenvalue weighted by Crippen LogP contribution is 2.28. The normalized spacial score (nSPS) is 19.0. The van der Waals surface area contributed by atoms with Gasteiger partial charge in [0.25, 0.3) is 0 Å². The highest BCUT2D eigenvalue weighted by molar-refractivity contribution is 7.89. The van der Waals surface area contributed by atoms with Gasteiger partial charge in [0, 0.05) is 18.8 Å². The quantitative estimate of drug-likeness (QED) is 0.798. The van der Waals surface area contributed by atoms with E-state index in [9.17, 15) is 13.5 Å². The second-order valence-electron chi connectivity index (χ2n) is 4.33. The second kappa shape index (κ2) is 5.05. The Morgan fingerprint density at radius 2 is 1.94 bits per heavy atom. The number of benzene rings is 1. The van der Waals surface area contributed by atoms with Crippen LogP contribution < -0.4 is 5.73 Å². The SMILES string of the molecule is Nc1ccc(Cl)c(S(=O)(=O)N2CCC(O)CC2)c1. The third kappa shape index (κ3) is 2.61. The van der Waals surface area contributed by atoms with E-state index < -0.39 is 16.1 Å². The maximum atomic E-state index is 12.4. The molecule has 0 atom stereocenters. The number of nitrogens with two attached hydrogens (primary N) is 1. The molecular formula is C11H15ClN2O3S. The molecule has 0 spiro atoms. The van der Waals surface area contributed by atoms with E-state index in [1.807, 2.05) is 0 Å². The van der Waals surface area contributed by atoms with Crippen molar-refractivity contribution in [3.63, 3.8) is 0 Å². The van der Waals surface area contributed by atoms with E-state index in [0.717, 1.165) is 0 Å². The van der Waals surface area contributed by atoms with Crippen LogP contribution in [0.25, 0.3) is 0 Å². The molecule has 2 rings (SSSR count). The van der Waals surface area contributed by atoms with Crippen LogP contribution in [0.2, 0.25) is 5.02 Å². The summed E-state index contributed by atoms with van der Waals surface area (Å²) in [5, 5.41) is 9.56. The van der Waals surface area contributed by atoms with Crippen LogP contribution in [0, 0.1) is 0 Å². The average Bonchev–Trinajstić information content (AvgIpc) is 2.32. The van der Waals surface area contributed by atoms with Crippen LogP contribution in [0.3, 0.4) is 0 Å². The number of rotatable bonds is 2. The molecule has 1 saturated heterocycles. The van der Waals surface area contributed by atoms with Crippen LogP contribution in [0.15, 0.2) is 23.1 Å². The van der Waals surface area contributed by atoms with Gasteiger partial charge in [0.2, 0.25) is 10.0 Å². The summed E-state index contributed by atoms with van der Waals surface area (Å²) in [6.07, 6.45) is 0.464. The molecular weight excluding hydrogens is 276 g/mol. The lowest BCUT2D eigenvalue weighted by Crippen LogP contribution is -2.40. The van der Waals surface area contributed by atoms with Gasteiger partial charge < -0.3 is 10.8 Å². The average molecular weight is 291 g/mol. The first-order chi connectivity index (χ1) is 8.41. The van der Waals surface area contributed by atoms with Crippen molar-refractivity contribution in [2.24, 2.45) is 0 Å². The summed E-state index contributed by atoms with van der Waals surface area (Å²) in [5.41, 5.74) is 5.95. The molecule has 1 aromatic carbocycles. The van der Waals surface area contributed by atoms with Crippen molar-refractivity contribution in [2.75, 3.05) is 18.8 Å². The van der Waals surface area contributed by atoms with E-state index in [0.29, 0.717) is 31.6 Å². The molecule has 3 N–H and O–H groups in total. The van der Waals surface area contributed by atoms with Crippen molar-refractivity contribution < 1.29 is 13.5 Å². The van der Waals surface area contributed by atoms with Gasteiger partial charge in [-0.05, 0) is 31.0 Å². The summed E-state index contributed by atoms with van der Waals surface area (Å²) in [6.45, 7) is 0.600. The van der Waals surface area contributed by atoms with Gasteiger partial charge in [-0.25, -0.2) is 8.42 Å². The number of sulfonamides is 1. The number of aliphatic hydroxyl groups excluding tert-OH is 1. The highest BCUT2D eigenvalue weighted by Gasteiger charge is 2.30. The van der Waals surface area contributed by atoms with Gasteiger partial charge in [0.15, 0.2) is 0 Å². The molecule has 0 saturated carbocycles. The third-order valence-corrected chi connectivity index (χ3v) is 5.38. The summed E-state index contributed by atoms with van der Waals surface area (Å²) < 4.78 is 26.1. The molecule has 18 heavy (non-hydrogen) atoms. The van der Waals surface area contributed by atoms with E-state index in [-0.39, 0.29) is 9.92 Å². The zero-order chi connectivity index (χ0) is 13.3. The van der Waals surface area contributed by atoms with E-state index in [2.05, 4.69) is 0 Å². The zero-order valence-electron chi connectivity index (χ0n) is 9.71. The molecule has 0 radical (unpaired) electrons. The third-order valence-electron chi connectivity index (χ3n) is 3.00. The first-order valence-corrected chi connectivity index (χ1v) is 7.46. The smallest absolute Gasteiger partial charge is 0.244 e. The lowest BCUT2D eigenvalue weighted by Gasteiger charge is -2.29. The topological polar surface area (TPSA) is 83.6 Å². The molecule has 0 amide bonds. The number of nitrogen functional groups attached to an aromatic ring is 1. The Labute approximate surface area is 111 Å². The van der Waals surface area contributed by atoms with Gasteiger partial charge in [-0.1, -0.05) is 11.6 Å². The number of piperidine rings is 1. The Kier molecular flexibility index (Phi) is 3.82. The van der Waals surface area contributed by atoms with Gasteiger partial charge in [0.05, 0.1) is 11.1 Å². The van der Waals surface area contributed by atoms with Gasteiger partial charge in [-0.3, -0.25) is 0 Å². The first-order valence-electron chi connectivity index (χ1n) is 5.64. The Bertz CT molecular complexity index is 539. The number of anilines is 1. The van der Waals surface area contributed by atoms with Crippen molar-refractivity contribution >= 4 is 27.3 Å². The first kappa shape index (κ1) is 13.6. The Morgan fingerprint density at radius 3 is 2.56 bits per heavy atom. The summed E-state index contributed by atoms with van der Waals surface area (Å²) in [6, 6.07) is 4.40. The molecule has 0 unspecified atom stereocenters. The van der Waals surface area contributed by atoms with E-state index in [1.165, 1.54) is 16.4 Å². The van der Waals surface area contributed by atoms with E-state index in [1.54, 1.807) is 6.07 Å². The van der Waals surface area contributed by atoms with Crippen LogP contribution in [0.1, 0.15) is 12.8 Å². The fourth-order valence-electron chi connectivity index (χ4n) is 1.94. The minimum absolute atomic E-state index is 0.0283. The summed E-state index contributed by atoms with van der Waals surface area (Å²) >= 11 is 5.92. The second-order valence-corrected chi connectivity index (χ2v) is 6.64. The minimum Gasteiger partial charge on any atom is -0.399 e. The molecule has 1 aliphatic heterocycles. The maximum absolute atomic E-state index is 12.4. The van der Waals surface area contributed by atoms with Crippen molar-refractivity contribution in [3.8, 4) is 0 Å². The Morgan fingerprint density at radius 1 is 1.33 bits per heavy atom. The van der Waals surface area contributed by atoms with Gasteiger partial charge >= 0.3 is 0 Å². The fourth-order valence-corrected chi connectivity index (χ4v) is 3.92. The number of hydrogen-bond donors (Lipinski definition) is 2. The molecule has 7 heteroatoms. The maximum Gasteiger partial charge on any atom is 0.244 e. The van der Waals surface area contributed by atoms with Gasteiger partial charge in [-0.15, -0.1) is 0 Å². The van der Waals surface area contributed by atoms with Crippen molar-refractivity contribution in [3.05, 3.63) is 23.2 Å². The van der Waals surface area contributed by atoms with E-state index in [4.69, 9.17) is 17.3 Å². The number of nitrogens with zero attached hydrogens (tertiary/aromatic N) is 1. The highest BCUT2D eigenvalue weighted by atomic mass is 35.5. The van der Waals surface area contributed by atoms with Gasteiger partial charge in [0.1, 0.15) is 4.90 Å². The molecule has 0 bridgehead atoms. The zero-order valence-corrected chi connectivity index (χ0v) is 11.3. The predicted octanol–water partition coefficient (Wildman–Crippen LogP) is 1.07. The van der Waals surface area contributed by atoms with Crippen LogP contribution in [-0.2, 0) is 10.0 Å². The molecule has 0 aliphatic carbocycles. The molecule has 1 heterocycles. The fraction of sp³-hybridized carbons (Fsp3) is 0.455. The Balaban J connectivity index is 2.33. The summed E-state index contributed by atoms with van der Waals surface area (Å²) in [5.74, 6) is 0. The lowest BCUT2D eigenvalue weighted by atomic mass is 10.1. The minimum atomic E-state index is -3.63. The molecule has 1 aliphatic rings.